The quantitative estimate of drug-likeness (QED) is 0.754. The van der Waals surface area contributed by atoms with Gasteiger partial charge in [-0.15, -0.1) is 0 Å². The topological polar surface area (TPSA) is 49.3 Å². The van der Waals surface area contributed by atoms with Gasteiger partial charge < -0.3 is 10.4 Å². The van der Waals surface area contributed by atoms with Crippen molar-refractivity contribution in [2.24, 2.45) is 5.92 Å². The molecule has 0 bridgehead atoms. The van der Waals surface area contributed by atoms with Crippen LogP contribution in [0, 0.1) is 5.92 Å². The van der Waals surface area contributed by atoms with Crippen LogP contribution >= 0.6 is 11.8 Å². The van der Waals surface area contributed by atoms with E-state index in [0.717, 1.165) is 30.9 Å². The Kier molecular flexibility index (Phi) is 5.12. The summed E-state index contributed by atoms with van der Waals surface area (Å²) in [6, 6.07) is 0. The number of rotatable bonds is 6. The molecule has 0 aromatic rings. The summed E-state index contributed by atoms with van der Waals surface area (Å²) in [7, 11) is 1.76. The van der Waals surface area contributed by atoms with Gasteiger partial charge in [0.1, 0.15) is 5.54 Å². The lowest BCUT2D eigenvalue weighted by Crippen LogP contribution is -2.48. The molecule has 0 radical (unpaired) electrons. The van der Waals surface area contributed by atoms with Crippen molar-refractivity contribution in [3.05, 3.63) is 0 Å². The first-order chi connectivity index (χ1) is 7.50. The summed E-state index contributed by atoms with van der Waals surface area (Å²) < 4.78 is 0. The zero-order chi connectivity index (χ0) is 12.2. The van der Waals surface area contributed by atoms with Gasteiger partial charge in [-0.05, 0) is 44.4 Å². The van der Waals surface area contributed by atoms with E-state index in [4.69, 9.17) is 0 Å². The third-order valence-corrected chi connectivity index (χ3v) is 4.75. The first-order valence-electron chi connectivity index (χ1n) is 6.04. The summed E-state index contributed by atoms with van der Waals surface area (Å²) in [4.78, 5) is 11.2. The predicted octanol–water partition coefficient (Wildman–Crippen LogP) is 2.36. The SMILES string of the molecule is CNC1(C(=O)O)CCC(SCCC(C)C)C1. The highest BCUT2D eigenvalue weighted by atomic mass is 32.2. The maximum absolute atomic E-state index is 11.2. The van der Waals surface area contributed by atoms with Crippen LogP contribution in [0.25, 0.3) is 0 Å². The molecule has 1 aliphatic carbocycles. The summed E-state index contributed by atoms with van der Waals surface area (Å²) in [6.07, 6.45) is 3.77. The van der Waals surface area contributed by atoms with Gasteiger partial charge in [-0.1, -0.05) is 13.8 Å². The van der Waals surface area contributed by atoms with Gasteiger partial charge in [0.25, 0.3) is 0 Å². The molecule has 1 rings (SSSR count). The number of thioether (sulfide) groups is 1. The molecule has 2 N–H and O–H groups in total. The van der Waals surface area contributed by atoms with Gasteiger partial charge in [-0.2, -0.15) is 11.8 Å². The minimum Gasteiger partial charge on any atom is -0.480 e. The van der Waals surface area contributed by atoms with E-state index in [-0.39, 0.29) is 0 Å². The number of likely N-dealkylation sites (N-methyl/N-ethyl adjacent to an activating group) is 1. The molecule has 0 amide bonds. The van der Waals surface area contributed by atoms with Crippen LogP contribution in [-0.2, 0) is 4.79 Å². The van der Waals surface area contributed by atoms with E-state index >= 15 is 0 Å². The zero-order valence-electron chi connectivity index (χ0n) is 10.5. The standard InChI is InChI=1S/C12H23NO2S/c1-9(2)5-7-16-10-4-6-12(8-10,13-3)11(14)15/h9-10,13H,4-8H2,1-3H3,(H,14,15). The number of carboxylic acids is 1. The van der Waals surface area contributed by atoms with Gasteiger partial charge in [-0.3, -0.25) is 4.79 Å². The van der Waals surface area contributed by atoms with Crippen molar-refractivity contribution in [3.8, 4) is 0 Å². The molecule has 0 spiro atoms. The van der Waals surface area contributed by atoms with Crippen molar-refractivity contribution in [2.75, 3.05) is 12.8 Å². The van der Waals surface area contributed by atoms with Gasteiger partial charge in [0.15, 0.2) is 0 Å². The van der Waals surface area contributed by atoms with Gasteiger partial charge in [-0.25, -0.2) is 0 Å². The normalized spacial score (nSPS) is 29.9. The lowest BCUT2D eigenvalue weighted by atomic mass is 9.99. The third kappa shape index (κ3) is 3.39. The number of hydrogen-bond acceptors (Lipinski definition) is 3. The first-order valence-corrected chi connectivity index (χ1v) is 7.09. The molecule has 0 heterocycles. The number of aliphatic carboxylic acids is 1. The summed E-state index contributed by atoms with van der Waals surface area (Å²) in [5, 5.41) is 12.7. The second-order valence-corrected chi connectivity index (χ2v) is 6.46. The van der Waals surface area contributed by atoms with E-state index in [0.29, 0.717) is 5.25 Å². The highest BCUT2D eigenvalue weighted by molar-refractivity contribution is 7.99. The molecule has 0 aromatic heterocycles. The van der Waals surface area contributed by atoms with Crippen LogP contribution in [0.15, 0.2) is 0 Å². The van der Waals surface area contributed by atoms with Gasteiger partial charge >= 0.3 is 5.97 Å². The van der Waals surface area contributed by atoms with E-state index in [1.54, 1.807) is 7.05 Å². The van der Waals surface area contributed by atoms with Crippen molar-refractivity contribution in [3.63, 3.8) is 0 Å². The van der Waals surface area contributed by atoms with Crippen molar-refractivity contribution < 1.29 is 9.90 Å². The van der Waals surface area contributed by atoms with E-state index in [9.17, 15) is 9.90 Å². The predicted molar refractivity (Wildman–Crippen MR) is 69.0 cm³/mol. The van der Waals surface area contributed by atoms with E-state index in [1.165, 1.54) is 6.42 Å². The van der Waals surface area contributed by atoms with Crippen LogP contribution in [0.2, 0.25) is 0 Å². The first kappa shape index (κ1) is 13.8. The highest BCUT2D eigenvalue weighted by Gasteiger charge is 2.44. The fourth-order valence-corrected chi connectivity index (χ4v) is 3.77. The number of carbonyl (C=O) groups is 1. The molecule has 2 unspecified atom stereocenters. The van der Waals surface area contributed by atoms with Crippen LogP contribution in [0.1, 0.15) is 39.5 Å². The Morgan fingerprint density at radius 1 is 1.62 bits per heavy atom. The van der Waals surface area contributed by atoms with Crippen molar-refractivity contribution in [1.82, 2.24) is 5.32 Å². The molecule has 1 saturated carbocycles. The fraction of sp³-hybridized carbons (Fsp3) is 0.917. The summed E-state index contributed by atoms with van der Waals surface area (Å²) >= 11 is 1.94. The number of hydrogen-bond donors (Lipinski definition) is 2. The summed E-state index contributed by atoms with van der Waals surface area (Å²) in [5.74, 6) is 1.20. The Hall–Kier alpha value is -0.220. The number of carboxylic acid groups (broad SMARTS) is 1. The highest BCUT2D eigenvalue weighted by Crippen LogP contribution is 2.37. The minimum absolute atomic E-state index is 0.516. The summed E-state index contributed by atoms with van der Waals surface area (Å²) in [5.41, 5.74) is -0.657. The Morgan fingerprint density at radius 2 is 2.31 bits per heavy atom. The van der Waals surface area contributed by atoms with Crippen LogP contribution in [-0.4, -0.2) is 34.7 Å². The van der Waals surface area contributed by atoms with Gasteiger partial charge in [0.2, 0.25) is 0 Å². The van der Waals surface area contributed by atoms with E-state index < -0.39 is 11.5 Å². The van der Waals surface area contributed by atoms with E-state index in [1.807, 2.05) is 11.8 Å². The Bertz CT molecular complexity index is 245. The Labute approximate surface area is 102 Å². The maximum Gasteiger partial charge on any atom is 0.323 e. The number of nitrogens with one attached hydrogen (secondary N) is 1. The molecule has 0 aromatic carbocycles. The lowest BCUT2D eigenvalue weighted by Gasteiger charge is -2.23. The molecule has 1 aliphatic rings. The lowest BCUT2D eigenvalue weighted by molar-refractivity contribution is -0.144. The van der Waals surface area contributed by atoms with Gasteiger partial charge in [0, 0.05) is 5.25 Å². The summed E-state index contributed by atoms with van der Waals surface area (Å²) in [6.45, 7) is 4.45. The molecule has 16 heavy (non-hydrogen) atoms. The third-order valence-electron chi connectivity index (χ3n) is 3.41. The van der Waals surface area contributed by atoms with Crippen molar-refractivity contribution in [2.45, 2.75) is 50.3 Å². The second kappa shape index (κ2) is 5.92. The maximum atomic E-state index is 11.2. The van der Waals surface area contributed by atoms with Gasteiger partial charge in [0.05, 0.1) is 0 Å². The smallest absolute Gasteiger partial charge is 0.323 e. The molecular formula is C12H23NO2S. The van der Waals surface area contributed by atoms with Crippen LogP contribution in [0.4, 0.5) is 0 Å². The molecule has 3 nitrogen and oxygen atoms in total. The van der Waals surface area contributed by atoms with Crippen molar-refractivity contribution >= 4 is 17.7 Å². The molecule has 2 atom stereocenters. The van der Waals surface area contributed by atoms with Crippen LogP contribution in [0.5, 0.6) is 0 Å². The van der Waals surface area contributed by atoms with Crippen LogP contribution < -0.4 is 5.32 Å². The molecule has 0 aliphatic heterocycles. The zero-order valence-corrected chi connectivity index (χ0v) is 11.3. The van der Waals surface area contributed by atoms with Crippen molar-refractivity contribution in [1.29, 1.82) is 0 Å². The van der Waals surface area contributed by atoms with Crippen LogP contribution in [0.3, 0.4) is 0 Å². The monoisotopic (exact) mass is 245 g/mol. The fourth-order valence-electron chi connectivity index (χ4n) is 2.14. The average Bonchev–Trinajstić information content (AvgIpc) is 2.62. The second-order valence-electron chi connectivity index (χ2n) is 5.06. The molecule has 1 fully saturated rings. The molecule has 0 saturated heterocycles. The Morgan fingerprint density at radius 3 is 2.75 bits per heavy atom. The molecular weight excluding hydrogens is 222 g/mol. The van der Waals surface area contributed by atoms with E-state index in [2.05, 4.69) is 19.2 Å². The molecule has 4 heteroatoms. The molecule has 94 valence electrons. The minimum atomic E-state index is -0.693. The Balaban J connectivity index is 2.36. The average molecular weight is 245 g/mol. The largest absolute Gasteiger partial charge is 0.480 e.